The van der Waals surface area contributed by atoms with Gasteiger partial charge in [0.05, 0.1) is 0 Å². The Morgan fingerprint density at radius 3 is 2.53 bits per heavy atom. The van der Waals surface area contributed by atoms with E-state index in [-0.39, 0.29) is 16.7 Å². The lowest BCUT2D eigenvalue weighted by Gasteiger charge is -2.13. The number of nitrogens with one attached hydrogen (secondary N) is 1. The average molecular weight is 336 g/mol. The van der Waals surface area contributed by atoms with Crippen molar-refractivity contribution in [2.75, 3.05) is 0 Å². The second kappa shape index (κ2) is 6.46. The summed E-state index contributed by atoms with van der Waals surface area (Å²) in [7, 11) is 0. The van der Waals surface area contributed by atoms with Gasteiger partial charge >= 0.3 is 0 Å². The minimum Gasteiger partial charge on any atom is -0.409 e. The zero-order chi connectivity index (χ0) is 14.6. The lowest BCUT2D eigenvalue weighted by Crippen LogP contribution is -2.36. The summed E-state index contributed by atoms with van der Waals surface area (Å²) in [4.78, 5) is 11.7. The second-order valence-corrected chi connectivity index (χ2v) is 4.83. The van der Waals surface area contributed by atoms with Crippen molar-refractivity contribution >= 4 is 27.7 Å². The summed E-state index contributed by atoms with van der Waals surface area (Å²) >= 11 is 2.92. The molecule has 1 atom stereocenters. The highest BCUT2D eigenvalue weighted by Crippen LogP contribution is 2.19. The van der Waals surface area contributed by atoms with Gasteiger partial charge in [0, 0.05) is 16.9 Å². The smallest absolute Gasteiger partial charge is 0.257 e. The zero-order valence-electron chi connectivity index (χ0n) is 9.95. The van der Waals surface area contributed by atoms with Crippen LogP contribution in [0.3, 0.4) is 0 Å². The van der Waals surface area contributed by atoms with Crippen LogP contribution in [0, 0.1) is 11.6 Å². The molecule has 0 heterocycles. The van der Waals surface area contributed by atoms with Crippen molar-refractivity contribution in [3.8, 4) is 0 Å². The van der Waals surface area contributed by atoms with Crippen LogP contribution in [-0.4, -0.2) is 23.0 Å². The summed E-state index contributed by atoms with van der Waals surface area (Å²) in [6, 6.07) is 1.45. The Balaban J connectivity index is 2.85. The van der Waals surface area contributed by atoms with Crippen LogP contribution in [0.5, 0.6) is 0 Å². The largest absolute Gasteiger partial charge is 0.409 e. The predicted molar refractivity (Wildman–Crippen MR) is 69.0 cm³/mol. The molecule has 0 aliphatic carbocycles. The van der Waals surface area contributed by atoms with E-state index in [1.54, 1.807) is 6.92 Å². The number of nitrogens with two attached hydrogens (primary N) is 1. The number of halogens is 3. The van der Waals surface area contributed by atoms with Crippen molar-refractivity contribution in [2.24, 2.45) is 10.9 Å². The molecule has 8 heteroatoms. The highest BCUT2D eigenvalue weighted by atomic mass is 79.9. The van der Waals surface area contributed by atoms with Gasteiger partial charge in [-0.05, 0) is 19.1 Å². The van der Waals surface area contributed by atoms with E-state index in [0.29, 0.717) is 0 Å². The topological polar surface area (TPSA) is 87.7 Å². The van der Waals surface area contributed by atoms with E-state index in [2.05, 4.69) is 26.4 Å². The van der Waals surface area contributed by atoms with Gasteiger partial charge in [0.15, 0.2) is 0 Å². The quantitative estimate of drug-likeness (QED) is 0.340. The fourth-order valence-electron chi connectivity index (χ4n) is 1.46. The highest BCUT2D eigenvalue weighted by Gasteiger charge is 2.20. The molecule has 0 saturated heterocycles. The Hall–Kier alpha value is -1.70. The normalized spacial score (nSPS) is 13.2. The molecule has 19 heavy (non-hydrogen) atoms. The molecule has 0 radical (unpaired) electrons. The average Bonchev–Trinajstić information content (AvgIpc) is 2.26. The number of rotatable bonds is 4. The number of hydrogen-bond acceptors (Lipinski definition) is 3. The van der Waals surface area contributed by atoms with Crippen LogP contribution in [0.2, 0.25) is 0 Å². The summed E-state index contributed by atoms with van der Waals surface area (Å²) < 4.78 is 27.2. The number of carbonyl (C=O) groups is 1. The van der Waals surface area contributed by atoms with Gasteiger partial charge in [0.1, 0.15) is 23.0 Å². The fourth-order valence-corrected chi connectivity index (χ4v) is 1.86. The minimum atomic E-state index is -0.972. The number of amides is 1. The summed E-state index contributed by atoms with van der Waals surface area (Å²) in [5.74, 6) is -2.94. The lowest BCUT2D eigenvalue weighted by molar-refractivity contribution is 0.0932. The standard InChI is InChI=1S/C11H12BrF2N3O2/c1-5(2-9(15)17-19)16-11(18)10-7(13)3-6(12)4-8(10)14/h3-5,19H,2H2,1H3,(H2,15,17)(H,16,18). The molecule has 0 bridgehead atoms. The van der Waals surface area contributed by atoms with E-state index in [1.165, 1.54) is 0 Å². The highest BCUT2D eigenvalue weighted by molar-refractivity contribution is 9.10. The van der Waals surface area contributed by atoms with Crippen LogP contribution in [0.1, 0.15) is 23.7 Å². The molecule has 1 unspecified atom stereocenters. The molecular weight excluding hydrogens is 324 g/mol. The van der Waals surface area contributed by atoms with Crippen molar-refractivity contribution in [3.63, 3.8) is 0 Å². The molecular formula is C11H12BrF2N3O2. The number of carbonyl (C=O) groups excluding carboxylic acids is 1. The Morgan fingerprint density at radius 1 is 1.53 bits per heavy atom. The SMILES string of the molecule is CC(CC(N)=NO)NC(=O)c1c(F)cc(Br)cc1F. The molecule has 1 amide bonds. The van der Waals surface area contributed by atoms with E-state index in [4.69, 9.17) is 10.9 Å². The van der Waals surface area contributed by atoms with Crippen molar-refractivity contribution in [2.45, 2.75) is 19.4 Å². The van der Waals surface area contributed by atoms with Crippen LogP contribution in [0.15, 0.2) is 21.8 Å². The van der Waals surface area contributed by atoms with E-state index < -0.39 is 29.1 Å². The fraction of sp³-hybridized carbons (Fsp3) is 0.273. The third kappa shape index (κ3) is 4.16. The Morgan fingerprint density at radius 2 is 2.05 bits per heavy atom. The number of nitrogens with zero attached hydrogens (tertiary/aromatic N) is 1. The maximum Gasteiger partial charge on any atom is 0.257 e. The van der Waals surface area contributed by atoms with Gasteiger partial charge in [0.25, 0.3) is 5.91 Å². The molecule has 4 N–H and O–H groups in total. The molecule has 104 valence electrons. The van der Waals surface area contributed by atoms with Gasteiger partial charge in [-0.1, -0.05) is 21.1 Å². The maximum absolute atomic E-state index is 13.5. The first-order valence-corrected chi connectivity index (χ1v) is 6.06. The third-order valence-electron chi connectivity index (χ3n) is 2.26. The minimum absolute atomic E-state index is 0.0575. The molecule has 1 rings (SSSR count). The van der Waals surface area contributed by atoms with Crippen LogP contribution >= 0.6 is 15.9 Å². The first-order valence-electron chi connectivity index (χ1n) is 5.27. The summed E-state index contributed by atoms with van der Waals surface area (Å²) in [5.41, 5.74) is 4.59. The van der Waals surface area contributed by atoms with Crippen molar-refractivity contribution in [3.05, 3.63) is 33.8 Å². The molecule has 0 saturated carbocycles. The second-order valence-electron chi connectivity index (χ2n) is 3.91. The zero-order valence-corrected chi connectivity index (χ0v) is 11.5. The van der Waals surface area contributed by atoms with Crippen LogP contribution in [0.4, 0.5) is 8.78 Å². The lowest BCUT2D eigenvalue weighted by atomic mass is 10.1. The molecule has 0 aliphatic heterocycles. The van der Waals surface area contributed by atoms with Gasteiger partial charge in [-0.3, -0.25) is 4.79 Å². The van der Waals surface area contributed by atoms with Crippen molar-refractivity contribution in [1.29, 1.82) is 0 Å². The first kappa shape index (κ1) is 15.4. The number of amidine groups is 1. The third-order valence-corrected chi connectivity index (χ3v) is 2.71. The van der Waals surface area contributed by atoms with E-state index in [1.807, 2.05) is 0 Å². The van der Waals surface area contributed by atoms with Crippen LogP contribution in [-0.2, 0) is 0 Å². The van der Waals surface area contributed by atoms with Gasteiger partial charge < -0.3 is 16.3 Å². The van der Waals surface area contributed by atoms with Gasteiger partial charge in [-0.2, -0.15) is 0 Å². The van der Waals surface area contributed by atoms with Gasteiger partial charge in [0.2, 0.25) is 0 Å². The van der Waals surface area contributed by atoms with E-state index in [9.17, 15) is 13.6 Å². The Kier molecular flexibility index (Phi) is 5.22. The number of hydrogen-bond donors (Lipinski definition) is 3. The molecule has 1 aromatic carbocycles. The molecule has 0 fully saturated rings. The Bertz CT molecular complexity index is 500. The summed E-state index contributed by atoms with van der Waals surface area (Å²) in [6.45, 7) is 1.56. The monoisotopic (exact) mass is 335 g/mol. The van der Waals surface area contributed by atoms with E-state index in [0.717, 1.165) is 12.1 Å². The summed E-state index contributed by atoms with van der Waals surface area (Å²) in [6.07, 6.45) is 0.0575. The summed E-state index contributed by atoms with van der Waals surface area (Å²) in [5, 5.41) is 13.5. The maximum atomic E-state index is 13.5. The Labute approximate surface area is 116 Å². The van der Waals surface area contributed by atoms with Crippen molar-refractivity contribution < 1.29 is 18.8 Å². The first-order chi connectivity index (χ1) is 8.85. The molecule has 0 aliphatic rings. The molecule has 0 aromatic heterocycles. The van der Waals surface area contributed by atoms with Gasteiger partial charge in [-0.25, -0.2) is 8.78 Å². The molecule has 1 aromatic rings. The molecule has 5 nitrogen and oxygen atoms in total. The van der Waals surface area contributed by atoms with Crippen LogP contribution in [0.25, 0.3) is 0 Å². The van der Waals surface area contributed by atoms with Crippen LogP contribution < -0.4 is 11.1 Å². The van der Waals surface area contributed by atoms with E-state index >= 15 is 0 Å². The predicted octanol–water partition coefficient (Wildman–Crippen LogP) is 1.98. The van der Waals surface area contributed by atoms with Gasteiger partial charge in [-0.15, -0.1) is 0 Å². The number of oxime groups is 1. The molecule has 0 spiro atoms. The number of benzene rings is 1. The van der Waals surface area contributed by atoms with Crippen molar-refractivity contribution in [1.82, 2.24) is 5.32 Å².